The molecule has 0 atom stereocenters. The highest BCUT2D eigenvalue weighted by Crippen LogP contribution is 1.92. The first-order chi connectivity index (χ1) is 5.70. The van der Waals surface area contributed by atoms with Gasteiger partial charge in [-0.25, -0.2) is 0 Å². The molecule has 0 saturated carbocycles. The summed E-state index contributed by atoms with van der Waals surface area (Å²) in [6, 6.07) is 7.07. The van der Waals surface area contributed by atoms with Crippen molar-refractivity contribution in [2.75, 3.05) is 4.93 Å². The van der Waals surface area contributed by atoms with E-state index < -0.39 is 7.12 Å². The van der Waals surface area contributed by atoms with E-state index in [1.165, 1.54) is 0 Å². The maximum absolute atomic E-state index is 8.67. The second-order valence-electron chi connectivity index (χ2n) is 2.28. The highest BCUT2D eigenvalue weighted by Gasteiger charge is 2.08. The molecule has 2 nitrogen and oxygen atoms in total. The van der Waals surface area contributed by atoms with Crippen molar-refractivity contribution in [1.29, 1.82) is 0 Å². The zero-order chi connectivity index (χ0) is 9.56. The van der Waals surface area contributed by atoms with E-state index in [1.54, 1.807) is 12.1 Å². The molecule has 0 heterocycles. The van der Waals surface area contributed by atoms with Gasteiger partial charge in [-0.05, 0) is 17.3 Å². The predicted molar refractivity (Wildman–Crippen MR) is 60.9 cm³/mol. The van der Waals surface area contributed by atoms with Gasteiger partial charge in [0.25, 0.3) is 0 Å². The molecule has 2 N–H and O–H groups in total. The molecule has 0 aromatic heterocycles. The van der Waals surface area contributed by atoms with Crippen LogP contribution < -0.4 is 5.46 Å². The number of hydrogen-bond donors (Lipinski definition) is 2. The molecule has 0 spiro atoms. The highest BCUT2D eigenvalue weighted by atomic mass is 127. The average molecular weight is 278 g/mol. The first-order valence-electron chi connectivity index (χ1n) is 3.50. The molecule has 0 aliphatic rings. The van der Waals surface area contributed by atoms with E-state index in [0.717, 1.165) is 5.56 Å². The Morgan fingerprint density at radius 1 is 1.08 bits per heavy atom. The van der Waals surface area contributed by atoms with E-state index in [1.807, 2.05) is 24.0 Å². The normalized spacial score (nSPS) is 8.42. The number of alkyl halides is 1. The van der Waals surface area contributed by atoms with Gasteiger partial charge in [0.15, 0.2) is 0 Å². The fourth-order valence-electron chi connectivity index (χ4n) is 0.739. The summed E-state index contributed by atoms with van der Waals surface area (Å²) in [5.41, 5.74) is 1.65. The van der Waals surface area contributed by atoms with E-state index in [4.69, 9.17) is 10.0 Å². The molecule has 0 aliphatic heterocycles. The van der Waals surface area contributed by atoms with Crippen molar-refractivity contribution in [1.82, 2.24) is 0 Å². The lowest BCUT2D eigenvalue weighted by Gasteiger charge is -1.97. The molecule has 0 saturated heterocycles. The van der Waals surface area contributed by atoms with E-state index in [-0.39, 0.29) is 0 Å². The van der Waals surface area contributed by atoms with E-state index >= 15 is 0 Å². The SMILES string of the molecule is CI.Cc1ccc(B(O)O)cc1. The molecule has 4 heteroatoms. The van der Waals surface area contributed by atoms with Crippen molar-refractivity contribution in [3.8, 4) is 0 Å². The van der Waals surface area contributed by atoms with E-state index in [9.17, 15) is 0 Å². The molecule has 0 amide bonds. The van der Waals surface area contributed by atoms with Crippen LogP contribution in [0.4, 0.5) is 0 Å². The number of halogens is 1. The van der Waals surface area contributed by atoms with Crippen LogP contribution in [-0.4, -0.2) is 22.1 Å². The Balaban J connectivity index is 0.000000561. The largest absolute Gasteiger partial charge is 0.488 e. The Morgan fingerprint density at radius 3 is 1.83 bits per heavy atom. The molecule has 0 radical (unpaired) electrons. The van der Waals surface area contributed by atoms with Gasteiger partial charge in [-0.2, -0.15) is 0 Å². The van der Waals surface area contributed by atoms with Crippen LogP contribution >= 0.6 is 22.6 Å². The molecule has 1 aromatic carbocycles. The number of aryl methyl sites for hydroxylation is 1. The fraction of sp³-hybridized carbons (Fsp3) is 0.250. The van der Waals surface area contributed by atoms with Crippen molar-refractivity contribution in [3.05, 3.63) is 29.8 Å². The minimum absolute atomic E-state index is 0.533. The highest BCUT2D eigenvalue weighted by molar-refractivity contribution is 14.1. The molecule has 0 aliphatic carbocycles. The van der Waals surface area contributed by atoms with Crippen LogP contribution in [0, 0.1) is 6.92 Å². The minimum atomic E-state index is -1.35. The first kappa shape index (κ1) is 11.9. The van der Waals surface area contributed by atoms with Gasteiger partial charge in [0.05, 0.1) is 0 Å². The Morgan fingerprint density at radius 2 is 1.50 bits per heavy atom. The van der Waals surface area contributed by atoms with Crippen LogP contribution in [0.15, 0.2) is 24.3 Å². The fourth-order valence-corrected chi connectivity index (χ4v) is 0.739. The topological polar surface area (TPSA) is 40.5 Å². The summed E-state index contributed by atoms with van der Waals surface area (Å²) in [6.07, 6.45) is 0. The van der Waals surface area contributed by atoms with Gasteiger partial charge in [-0.3, -0.25) is 0 Å². The second kappa shape index (κ2) is 6.45. The van der Waals surface area contributed by atoms with Crippen LogP contribution in [0.5, 0.6) is 0 Å². The second-order valence-corrected chi connectivity index (χ2v) is 2.28. The Hall–Kier alpha value is -0.0651. The van der Waals surface area contributed by atoms with E-state index in [2.05, 4.69) is 22.6 Å². The number of benzene rings is 1. The first-order valence-corrected chi connectivity index (χ1v) is 5.66. The summed E-state index contributed by atoms with van der Waals surface area (Å²) in [6.45, 7) is 1.95. The third kappa shape index (κ3) is 4.08. The summed E-state index contributed by atoms with van der Waals surface area (Å²) >= 11 is 2.15. The number of hydrogen-bond acceptors (Lipinski definition) is 2. The van der Waals surface area contributed by atoms with Crippen molar-refractivity contribution in [2.45, 2.75) is 6.92 Å². The summed E-state index contributed by atoms with van der Waals surface area (Å²) in [4.78, 5) is 1.97. The van der Waals surface area contributed by atoms with Gasteiger partial charge in [-0.15, -0.1) is 0 Å². The minimum Gasteiger partial charge on any atom is -0.423 e. The van der Waals surface area contributed by atoms with Crippen LogP contribution in [0.1, 0.15) is 5.56 Å². The van der Waals surface area contributed by atoms with Crippen molar-refractivity contribution < 1.29 is 10.0 Å². The quantitative estimate of drug-likeness (QED) is 0.451. The smallest absolute Gasteiger partial charge is 0.423 e. The van der Waals surface area contributed by atoms with Crippen LogP contribution in [0.3, 0.4) is 0 Å². The van der Waals surface area contributed by atoms with Gasteiger partial charge in [0.2, 0.25) is 0 Å². The molecule has 0 bridgehead atoms. The molecule has 1 aromatic rings. The molecule has 0 unspecified atom stereocenters. The van der Waals surface area contributed by atoms with Crippen molar-refractivity contribution in [2.24, 2.45) is 0 Å². The van der Waals surface area contributed by atoms with Crippen LogP contribution in [0.25, 0.3) is 0 Å². The molecule has 66 valence electrons. The average Bonchev–Trinajstić information content (AvgIpc) is 2.09. The zero-order valence-corrected chi connectivity index (χ0v) is 9.32. The third-order valence-electron chi connectivity index (χ3n) is 1.38. The number of rotatable bonds is 1. The van der Waals surface area contributed by atoms with Crippen molar-refractivity contribution in [3.63, 3.8) is 0 Å². The standard InChI is InChI=1S/C7H9BO2.CH3I/c1-6-2-4-7(5-3-6)8(9)10;1-2/h2-5,9-10H,1H3;1H3. The Labute approximate surface area is 86.9 Å². The molecule has 0 fully saturated rings. The van der Waals surface area contributed by atoms with Gasteiger partial charge >= 0.3 is 7.12 Å². The van der Waals surface area contributed by atoms with Gasteiger partial charge in [-0.1, -0.05) is 52.4 Å². The van der Waals surface area contributed by atoms with Gasteiger partial charge < -0.3 is 10.0 Å². The summed E-state index contributed by atoms with van der Waals surface area (Å²) in [5, 5.41) is 17.3. The van der Waals surface area contributed by atoms with Crippen molar-refractivity contribution >= 4 is 35.2 Å². The molecular formula is C8H12BIO2. The van der Waals surface area contributed by atoms with Gasteiger partial charge in [0.1, 0.15) is 0 Å². The zero-order valence-electron chi connectivity index (χ0n) is 7.16. The summed E-state index contributed by atoms with van der Waals surface area (Å²) in [5.74, 6) is 0. The maximum Gasteiger partial charge on any atom is 0.488 e. The van der Waals surface area contributed by atoms with Gasteiger partial charge in [0, 0.05) is 0 Å². The van der Waals surface area contributed by atoms with Crippen LogP contribution in [-0.2, 0) is 0 Å². The third-order valence-corrected chi connectivity index (χ3v) is 1.38. The molecule has 12 heavy (non-hydrogen) atoms. The summed E-state index contributed by atoms with van der Waals surface area (Å²) < 4.78 is 0. The lowest BCUT2D eigenvalue weighted by atomic mass is 9.80. The molecule has 1 rings (SSSR count). The maximum atomic E-state index is 8.67. The Bertz CT molecular complexity index is 211. The summed E-state index contributed by atoms with van der Waals surface area (Å²) in [7, 11) is -1.35. The Kier molecular flexibility index (Phi) is 6.42. The monoisotopic (exact) mass is 278 g/mol. The van der Waals surface area contributed by atoms with Crippen LogP contribution in [0.2, 0.25) is 0 Å². The lowest BCUT2D eigenvalue weighted by molar-refractivity contribution is 0.426. The molecular weight excluding hydrogens is 266 g/mol. The lowest BCUT2D eigenvalue weighted by Crippen LogP contribution is -2.29. The predicted octanol–water partition coefficient (Wildman–Crippen LogP) is 0.726. The van der Waals surface area contributed by atoms with E-state index in [0.29, 0.717) is 5.46 Å².